The summed E-state index contributed by atoms with van der Waals surface area (Å²) in [4.78, 5) is 16.2. The van der Waals surface area contributed by atoms with Crippen LogP contribution in [0, 0.1) is 0 Å². The fraction of sp³-hybridized carbons (Fsp3) is 0.429. The van der Waals surface area contributed by atoms with Crippen molar-refractivity contribution < 1.29 is 13.2 Å². The van der Waals surface area contributed by atoms with E-state index < -0.39 is 10.2 Å². The van der Waals surface area contributed by atoms with Crippen LogP contribution in [0.2, 0.25) is 0 Å². The molecule has 0 saturated carbocycles. The Morgan fingerprint density at radius 3 is 2.67 bits per heavy atom. The van der Waals surface area contributed by atoms with Crippen LogP contribution in [0.4, 0.5) is 0 Å². The van der Waals surface area contributed by atoms with Crippen LogP contribution in [0.3, 0.4) is 0 Å². The molecule has 2 rings (SSSR count). The van der Waals surface area contributed by atoms with Crippen LogP contribution >= 0.6 is 0 Å². The monoisotopic (exact) mass is 355 g/mol. The molecule has 2 heterocycles. The molecule has 0 aromatic carbocycles. The summed E-state index contributed by atoms with van der Waals surface area (Å²) in [5.41, 5.74) is -0.284. The average Bonchev–Trinajstić information content (AvgIpc) is 3.00. The maximum Gasteiger partial charge on any atom is 0.308 e. The van der Waals surface area contributed by atoms with Gasteiger partial charge in [-0.05, 0) is 6.42 Å². The second-order valence-electron chi connectivity index (χ2n) is 5.30. The fourth-order valence-electron chi connectivity index (χ4n) is 2.03. The van der Waals surface area contributed by atoms with Crippen molar-refractivity contribution in [3.8, 4) is 17.3 Å². The smallest absolute Gasteiger partial charge is 0.308 e. The van der Waals surface area contributed by atoms with E-state index in [1.165, 1.54) is 38.8 Å². The molecule has 132 valence electrons. The Kier molecular flexibility index (Phi) is 5.30. The van der Waals surface area contributed by atoms with Crippen molar-refractivity contribution in [1.29, 1.82) is 0 Å². The highest BCUT2D eigenvalue weighted by atomic mass is 32.2. The van der Waals surface area contributed by atoms with Gasteiger partial charge in [0, 0.05) is 38.8 Å². The molecule has 0 amide bonds. The molecule has 2 aromatic rings. The number of nitrogens with zero attached hydrogens (tertiary/aromatic N) is 4. The third-order valence-corrected chi connectivity index (χ3v) is 5.07. The largest absolute Gasteiger partial charge is 0.487 e. The number of ether oxygens (including phenoxy) is 1. The molecule has 0 atom stereocenters. The Balaban J connectivity index is 2.64. The number of unbranched alkanes of at least 4 members (excludes halogenated alkanes) is 1. The van der Waals surface area contributed by atoms with Gasteiger partial charge >= 0.3 is 10.2 Å². The second-order valence-corrected chi connectivity index (χ2v) is 7.32. The normalized spacial score (nSPS) is 11.8. The van der Waals surface area contributed by atoms with Crippen molar-refractivity contribution >= 4 is 10.2 Å². The number of rotatable bonds is 7. The van der Waals surface area contributed by atoms with Gasteiger partial charge in [0.25, 0.3) is 0 Å². The summed E-state index contributed by atoms with van der Waals surface area (Å²) in [6.07, 6.45) is 5.60. The van der Waals surface area contributed by atoms with Gasteiger partial charge in [0.05, 0.1) is 6.61 Å². The van der Waals surface area contributed by atoms with E-state index in [2.05, 4.69) is 4.98 Å². The second kappa shape index (κ2) is 7.05. The predicted octanol–water partition coefficient (Wildman–Crippen LogP) is 0.259. The summed E-state index contributed by atoms with van der Waals surface area (Å²) >= 11 is 0. The van der Waals surface area contributed by atoms with Gasteiger partial charge in [0.1, 0.15) is 0 Å². The Morgan fingerprint density at radius 1 is 1.33 bits per heavy atom. The number of hydrogen-bond acceptors (Lipinski definition) is 6. The van der Waals surface area contributed by atoms with E-state index in [0.29, 0.717) is 6.61 Å². The van der Waals surface area contributed by atoms with E-state index in [9.17, 15) is 13.2 Å². The maximum atomic E-state index is 12.4. The number of nitrogen functional groups attached to an aromatic ring is 1. The molecule has 0 unspecified atom stereocenters. The van der Waals surface area contributed by atoms with Gasteiger partial charge in [-0.3, -0.25) is 9.47 Å². The van der Waals surface area contributed by atoms with Gasteiger partial charge in [-0.1, -0.05) is 13.3 Å². The first-order chi connectivity index (χ1) is 11.3. The summed E-state index contributed by atoms with van der Waals surface area (Å²) in [6, 6.07) is 1.26. The Hall–Kier alpha value is -2.33. The average molecular weight is 355 g/mol. The SMILES string of the molecule is CCCCOc1c(-c2nccn2S(=O)(=O)N(C)C)n(N)ccc1=O. The summed E-state index contributed by atoms with van der Waals surface area (Å²) < 4.78 is 33.6. The van der Waals surface area contributed by atoms with Gasteiger partial charge in [0.15, 0.2) is 17.3 Å². The van der Waals surface area contributed by atoms with Crippen molar-refractivity contribution in [3.05, 3.63) is 34.9 Å². The molecule has 0 saturated heterocycles. The molecule has 0 bridgehead atoms. The number of nitrogens with two attached hydrogens (primary N) is 1. The van der Waals surface area contributed by atoms with Crippen LogP contribution in [0.25, 0.3) is 11.5 Å². The van der Waals surface area contributed by atoms with E-state index in [1.807, 2.05) is 6.92 Å². The third-order valence-electron chi connectivity index (χ3n) is 3.36. The lowest BCUT2D eigenvalue weighted by molar-refractivity contribution is 0.306. The predicted molar refractivity (Wildman–Crippen MR) is 90.5 cm³/mol. The van der Waals surface area contributed by atoms with Crippen LogP contribution < -0.4 is 16.0 Å². The van der Waals surface area contributed by atoms with Gasteiger partial charge in [-0.25, -0.2) is 8.96 Å². The van der Waals surface area contributed by atoms with Crippen LogP contribution in [0.5, 0.6) is 5.75 Å². The number of aromatic nitrogens is 3. The minimum atomic E-state index is -3.82. The molecule has 0 spiro atoms. The lowest BCUT2D eigenvalue weighted by Crippen LogP contribution is -2.30. The molecule has 10 heteroatoms. The Labute approximate surface area is 140 Å². The third kappa shape index (κ3) is 3.29. The first kappa shape index (κ1) is 18.0. The molecule has 24 heavy (non-hydrogen) atoms. The lowest BCUT2D eigenvalue weighted by Gasteiger charge is -2.17. The zero-order valence-corrected chi connectivity index (χ0v) is 14.7. The molecule has 0 aliphatic heterocycles. The van der Waals surface area contributed by atoms with Crippen LogP contribution in [-0.4, -0.2) is 47.1 Å². The van der Waals surface area contributed by atoms with Gasteiger partial charge in [0.2, 0.25) is 5.43 Å². The van der Waals surface area contributed by atoms with Crippen molar-refractivity contribution in [3.63, 3.8) is 0 Å². The molecular formula is C14H21N5O4S. The van der Waals surface area contributed by atoms with Crippen molar-refractivity contribution in [2.75, 3.05) is 26.5 Å². The van der Waals surface area contributed by atoms with Crippen molar-refractivity contribution in [2.24, 2.45) is 0 Å². The fourth-order valence-corrected chi connectivity index (χ4v) is 2.94. The van der Waals surface area contributed by atoms with Crippen molar-refractivity contribution in [2.45, 2.75) is 19.8 Å². The summed E-state index contributed by atoms with van der Waals surface area (Å²) in [5.74, 6) is 5.90. The highest BCUT2D eigenvalue weighted by molar-refractivity contribution is 7.87. The van der Waals surface area contributed by atoms with Crippen molar-refractivity contribution in [1.82, 2.24) is 17.9 Å². The summed E-state index contributed by atoms with van der Waals surface area (Å²) in [5, 5.41) is 0. The zero-order valence-electron chi connectivity index (χ0n) is 13.8. The zero-order chi connectivity index (χ0) is 17.9. The number of imidazole rings is 1. The van der Waals surface area contributed by atoms with Gasteiger partial charge < -0.3 is 10.6 Å². The van der Waals surface area contributed by atoms with Gasteiger partial charge in [-0.2, -0.15) is 12.7 Å². The Bertz CT molecular complexity index is 870. The van der Waals surface area contributed by atoms with Crippen LogP contribution in [0.15, 0.2) is 29.5 Å². The van der Waals surface area contributed by atoms with Crippen LogP contribution in [0.1, 0.15) is 19.8 Å². The topological polar surface area (TPSA) is 112 Å². The first-order valence-electron chi connectivity index (χ1n) is 7.41. The van der Waals surface area contributed by atoms with E-state index >= 15 is 0 Å². The number of pyridine rings is 1. The van der Waals surface area contributed by atoms with E-state index in [-0.39, 0.29) is 22.7 Å². The summed E-state index contributed by atoms with van der Waals surface area (Å²) in [6.45, 7) is 2.32. The highest BCUT2D eigenvalue weighted by Crippen LogP contribution is 2.26. The standard InChI is InChI=1S/C14H21N5O4S/c1-4-5-10-23-13-11(20)6-8-18(15)12(13)14-16-7-9-19(14)24(21,22)17(2)3/h6-9H,4-5,10,15H2,1-3H3. The molecule has 2 N–H and O–H groups in total. The number of hydrogen-bond donors (Lipinski definition) is 1. The molecule has 0 radical (unpaired) electrons. The molecule has 0 fully saturated rings. The molecule has 9 nitrogen and oxygen atoms in total. The first-order valence-corrected chi connectivity index (χ1v) is 8.80. The minimum Gasteiger partial charge on any atom is -0.487 e. The quantitative estimate of drug-likeness (QED) is 0.563. The molecular weight excluding hydrogens is 334 g/mol. The Morgan fingerprint density at radius 2 is 2.04 bits per heavy atom. The van der Waals surface area contributed by atoms with E-state index in [4.69, 9.17) is 10.6 Å². The molecule has 0 aliphatic carbocycles. The van der Waals surface area contributed by atoms with Gasteiger partial charge in [-0.15, -0.1) is 0 Å². The van der Waals surface area contributed by atoms with E-state index in [1.54, 1.807) is 0 Å². The maximum absolute atomic E-state index is 12.4. The molecule has 2 aromatic heterocycles. The minimum absolute atomic E-state index is 0.00963. The van der Waals surface area contributed by atoms with E-state index in [0.717, 1.165) is 25.8 Å². The highest BCUT2D eigenvalue weighted by Gasteiger charge is 2.25. The van der Waals surface area contributed by atoms with Crippen LogP contribution in [-0.2, 0) is 10.2 Å². The lowest BCUT2D eigenvalue weighted by atomic mass is 10.3. The summed E-state index contributed by atoms with van der Waals surface area (Å²) in [7, 11) is -1.02. The molecule has 0 aliphatic rings.